The molecule has 1 N–H and O–H groups in total. The molecule has 1 atom stereocenters. The Bertz CT molecular complexity index is 917. The number of rotatable bonds is 4. The van der Waals surface area contributed by atoms with Gasteiger partial charge in [0.1, 0.15) is 0 Å². The number of fused-ring (bicyclic) bond motifs is 1. The zero-order valence-electron chi connectivity index (χ0n) is 12.2. The first kappa shape index (κ1) is 16.3. The Labute approximate surface area is 142 Å². The molecule has 0 aliphatic carbocycles. The third kappa shape index (κ3) is 2.71. The van der Waals surface area contributed by atoms with E-state index in [-0.39, 0.29) is 13.0 Å². The number of imide groups is 1. The number of hydrogen-bond donors (Lipinski definition) is 1. The lowest BCUT2D eigenvalue weighted by Gasteiger charge is -2.17. The Kier molecular flexibility index (Phi) is 4.18. The number of nitrogens with one attached hydrogen (secondary N) is 1. The van der Waals surface area contributed by atoms with E-state index in [1.165, 1.54) is 0 Å². The van der Waals surface area contributed by atoms with Crippen LogP contribution in [0.2, 0.25) is 0 Å². The third-order valence-corrected chi connectivity index (χ3v) is 4.59. The second kappa shape index (κ2) is 6.16. The van der Waals surface area contributed by atoms with Crippen LogP contribution in [0.5, 0.6) is 0 Å². The molecule has 1 aliphatic rings. The van der Waals surface area contributed by atoms with Crippen LogP contribution in [0.3, 0.4) is 0 Å². The molecule has 2 heterocycles. The van der Waals surface area contributed by atoms with Crippen molar-refractivity contribution in [3.63, 3.8) is 0 Å². The van der Waals surface area contributed by atoms with Crippen LogP contribution in [0.15, 0.2) is 40.1 Å². The normalized spacial score (nSPS) is 14.8. The maximum absolute atomic E-state index is 13.3. The third-order valence-electron chi connectivity index (χ3n) is 3.70. The van der Waals surface area contributed by atoms with E-state index in [1.807, 2.05) is 4.98 Å². The number of alkyl halides is 1. The highest BCUT2D eigenvalue weighted by Crippen LogP contribution is 2.25. The van der Waals surface area contributed by atoms with E-state index in [2.05, 4.69) is 15.9 Å². The van der Waals surface area contributed by atoms with Crippen LogP contribution in [0.1, 0.15) is 32.1 Å². The average Bonchev–Trinajstić information content (AvgIpc) is 2.80. The number of halogens is 2. The molecule has 2 aromatic rings. The summed E-state index contributed by atoms with van der Waals surface area (Å²) in [5.41, 5.74) is -1.22. The molecule has 1 aromatic heterocycles. The standard InChI is InChI=1S/C15H11BrFN3O4/c16-11(20-7-10(17)12(21)18-15(20)24)5-6-19-13(22)8-3-1-2-4-9(8)14(19)23/h1-4,7,11H,5-6H2,(H,18,21,24). The Morgan fingerprint density at radius 1 is 1.08 bits per heavy atom. The van der Waals surface area contributed by atoms with Gasteiger partial charge < -0.3 is 0 Å². The van der Waals surface area contributed by atoms with Gasteiger partial charge in [-0.3, -0.25) is 28.8 Å². The zero-order chi connectivity index (χ0) is 17.4. The fraction of sp³-hybridized carbons (Fsp3) is 0.200. The summed E-state index contributed by atoms with van der Waals surface area (Å²) in [5, 5.41) is 0. The second-order valence-corrected chi connectivity index (χ2v) is 6.23. The summed E-state index contributed by atoms with van der Waals surface area (Å²) in [6.07, 6.45) is 0.944. The van der Waals surface area contributed by atoms with Crippen molar-refractivity contribution in [3.05, 3.63) is 68.2 Å². The van der Waals surface area contributed by atoms with E-state index >= 15 is 0 Å². The summed E-state index contributed by atoms with van der Waals surface area (Å²) in [7, 11) is 0. The van der Waals surface area contributed by atoms with Gasteiger partial charge in [0, 0.05) is 6.54 Å². The van der Waals surface area contributed by atoms with Gasteiger partial charge in [-0.25, -0.2) is 4.79 Å². The molecule has 24 heavy (non-hydrogen) atoms. The van der Waals surface area contributed by atoms with Crippen LogP contribution >= 0.6 is 15.9 Å². The van der Waals surface area contributed by atoms with Crippen LogP contribution in [0.4, 0.5) is 4.39 Å². The molecular weight excluding hydrogens is 385 g/mol. The number of aromatic nitrogens is 2. The fourth-order valence-corrected chi connectivity index (χ4v) is 2.99. The fourth-order valence-electron chi connectivity index (χ4n) is 2.49. The predicted molar refractivity (Wildman–Crippen MR) is 85.7 cm³/mol. The number of benzene rings is 1. The first-order valence-corrected chi connectivity index (χ1v) is 7.92. The van der Waals surface area contributed by atoms with Crippen molar-refractivity contribution >= 4 is 27.7 Å². The Balaban J connectivity index is 1.76. The molecule has 124 valence electrons. The largest absolute Gasteiger partial charge is 0.329 e. The summed E-state index contributed by atoms with van der Waals surface area (Å²) in [5.74, 6) is -1.91. The van der Waals surface area contributed by atoms with E-state index in [9.17, 15) is 23.6 Å². The number of H-pyrrole nitrogens is 1. The second-order valence-electron chi connectivity index (χ2n) is 5.17. The molecule has 0 fully saturated rings. The van der Waals surface area contributed by atoms with Crippen molar-refractivity contribution in [2.75, 3.05) is 6.54 Å². The van der Waals surface area contributed by atoms with Crippen LogP contribution in [0, 0.1) is 5.82 Å². The summed E-state index contributed by atoms with van der Waals surface area (Å²) in [6.45, 7) is 0.0372. The quantitative estimate of drug-likeness (QED) is 0.622. The molecule has 1 aromatic carbocycles. The molecule has 0 saturated heterocycles. The molecule has 0 spiro atoms. The minimum Gasteiger partial charge on any atom is -0.284 e. The first-order valence-electron chi connectivity index (χ1n) is 7.00. The molecule has 1 unspecified atom stereocenters. The average molecular weight is 396 g/mol. The van der Waals surface area contributed by atoms with Gasteiger partial charge in [-0.1, -0.05) is 28.1 Å². The zero-order valence-corrected chi connectivity index (χ0v) is 13.7. The van der Waals surface area contributed by atoms with Crippen molar-refractivity contribution < 1.29 is 14.0 Å². The number of amides is 2. The van der Waals surface area contributed by atoms with E-state index < -0.39 is 33.8 Å². The van der Waals surface area contributed by atoms with Gasteiger partial charge in [-0.2, -0.15) is 4.39 Å². The number of carbonyl (C=O) groups excluding carboxylic acids is 2. The van der Waals surface area contributed by atoms with Crippen molar-refractivity contribution in [1.29, 1.82) is 0 Å². The molecule has 0 saturated carbocycles. The molecule has 9 heteroatoms. The molecule has 3 rings (SSSR count). The van der Waals surface area contributed by atoms with Gasteiger partial charge in [-0.05, 0) is 18.6 Å². The highest BCUT2D eigenvalue weighted by molar-refractivity contribution is 9.09. The van der Waals surface area contributed by atoms with Crippen molar-refractivity contribution in [1.82, 2.24) is 14.5 Å². The highest BCUT2D eigenvalue weighted by Gasteiger charge is 2.35. The van der Waals surface area contributed by atoms with E-state index in [4.69, 9.17) is 0 Å². The van der Waals surface area contributed by atoms with Gasteiger partial charge in [0.15, 0.2) is 0 Å². The number of aromatic amines is 1. The molecule has 2 amide bonds. The van der Waals surface area contributed by atoms with Crippen LogP contribution in [-0.2, 0) is 0 Å². The van der Waals surface area contributed by atoms with Crippen molar-refractivity contribution in [2.24, 2.45) is 0 Å². The minimum atomic E-state index is -1.10. The molecule has 7 nitrogen and oxygen atoms in total. The lowest BCUT2D eigenvalue weighted by Crippen LogP contribution is -2.35. The van der Waals surface area contributed by atoms with Crippen LogP contribution in [-0.4, -0.2) is 32.8 Å². The number of carbonyl (C=O) groups is 2. The van der Waals surface area contributed by atoms with E-state index in [0.717, 1.165) is 15.7 Å². The molecule has 1 aliphatic heterocycles. The van der Waals surface area contributed by atoms with E-state index in [1.54, 1.807) is 24.3 Å². The molecule has 0 radical (unpaired) electrons. The summed E-state index contributed by atoms with van der Waals surface area (Å²) >= 11 is 3.20. The summed E-state index contributed by atoms with van der Waals surface area (Å²) in [6, 6.07) is 6.49. The first-order chi connectivity index (χ1) is 11.4. The maximum atomic E-state index is 13.3. The lowest BCUT2D eigenvalue weighted by atomic mass is 10.1. The Morgan fingerprint density at radius 3 is 2.25 bits per heavy atom. The Morgan fingerprint density at radius 2 is 1.67 bits per heavy atom. The Hall–Kier alpha value is -2.55. The van der Waals surface area contributed by atoms with Crippen LogP contribution < -0.4 is 11.2 Å². The highest BCUT2D eigenvalue weighted by atomic mass is 79.9. The monoisotopic (exact) mass is 395 g/mol. The molecule has 0 bridgehead atoms. The van der Waals surface area contributed by atoms with E-state index in [0.29, 0.717) is 11.1 Å². The summed E-state index contributed by atoms with van der Waals surface area (Å²) < 4.78 is 14.3. The minimum absolute atomic E-state index is 0.0372. The SMILES string of the molecule is O=C1c2ccccc2C(=O)N1CCC(Br)n1cc(F)c(=O)[nH]c1=O. The van der Waals surface area contributed by atoms with Gasteiger partial charge in [-0.15, -0.1) is 0 Å². The van der Waals surface area contributed by atoms with Gasteiger partial charge in [0.2, 0.25) is 5.82 Å². The molecular formula is C15H11BrFN3O4. The maximum Gasteiger partial charge on any atom is 0.329 e. The van der Waals surface area contributed by atoms with Gasteiger partial charge >= 0.3 is 5.69 Å². The van der Waals surface area contributed by atoms with Crippen molar-refractivity contribution in [3.8, 4) is 0 Å². The summed E-state index contributed by atoms with van der Waals surface area (Å²) in [4.78, 5) is 49.4. The number of hydrogen-bond acceptors (Lipinski definition) is 4. The van der Waals surface area contributed by atoms with Crippen molar-refractivity contribution in [2.45, 2.75) is 11.4 Å². The van der Waals surface area contributed by atoms with Crippen LogP contribution in [0.25, 0.3) is 0 Å². The lowest BCUT2D eigenvalue weighted by molar-refractivity contribution is 0.0650. The predicted octanol–water partition coefficient (Wildman–Crippen LogP) is 1.26. The number of nitrogens with zero attached hydrogens (tertiary/aromatic N) is 2. The van der Waals surface area contributed by atoms with Gasteiger partial charge in [0.05, 0.1) is 22.3 Å². The topological polar surface area (TPSA) is 92.2 Å². The smallest absolute Gasteiger partial charge is 0.284 e. The van der Waals surface area contributed by atoms with Gasteiger partial charge in [0.25, 0.3) is 17.4 Å².